The van der Waals surface area contributed by atoms with Gasteiger partial charge in [0.25, 0.3) is 0 Å². The fraction of sp³-hybridized carbons (Fsp3) is 0.786. The Morgan fingerprint density at radius 2 is 2.06 bits per heavy atom. The van der Waals surface area contributed by atoms with Crippen molar-refractivity contribution in [1.82, 2.24) is 0 Å². The molecule has 2 unspecified atom stereocenters. The zero-order valence-corrected chi connectivity index (χ0v) is 11.8. The van der Waals surface area contributed by atoms with Gasteiger partial charge >= 0.3 is 0 Å². The van der Waals surface area contributed by atoms with Crippen molar-refractivity contribution in [2.75, 3.05) is 0 Å². The highest BCUT2D eigenvalue weighted by molar-refractivity contribution is 8.15. The molecule has 2 atom stereocenters. The number of rotatable bonds is 8. The van der Waals surface area contributed by atoms with Crippen LogP contribution in [0.15, 0.2) is 11.8 Å². The van der Waals surface area contributed by atoms with E-state index in [1.807, 2.05) is 0 Å². The molecule has 0 fully saturated rings. The van der Waals surface area contributed by atoms with Crippen molar-refractivity contribution < 1.29 is 9.90 Å². The fourth-order valence-corrected chi connectivity index (χ4v) is 3.28. The average Bonchev–Trinajstić information content (AvgIpc) is 2.57. The summed E-state index contributed by atoms with van der Waals surface area (Å²) in [4.78, 5) is 11.1. The molecule has 0 amide bonds. The van der Waals surface area contributed by atoms with Crippen molar-refractivity contribution in [3.8, 4) is 0 Å². The third-order valence-electron chi connectivity index (χ3n) is 3.27. The highest BCUT2D eigenvalue weighted by Crippen LogP contribution is 2.32. The van der Waals surface area contributed by atoms with Crippen LogP contribution >= 0.6 is 11.8 Å². The van der Waals surface area contributed by atoms with Crippen molar-refractivity contribution >= 4 is 16.9 Å². The lowest BCUT2D eigenvalue weighted by atomic mass is 9.97. The molecule has 0 radical (unpaired) electrons. The maximum absolute atomic E-state index is 11.1. The monoisotopic (exact) mass is 256 g/mol. The molecule has 0 aliphatic carbocycles. The third-order valence-corrected chi connectivity index (χ3v) is 4.34. The topological polar surface area (TPSA) is 37.3 Å². The first-order valence-corrected chi connectivity index (χ1v) is 7.62. The van der Waals surface area contributed by atoms with E-state index in [9.17, 15) is 9.90 Å². The molecule has 2 nitrogen and oxygen atoms in total. The predicted octanol–water partition coefficient (Wildman–Crippen LogP) is 4.46. The molecule has 1 N–H and O–H groups in total. The summed E-state index contributed by atoms with van der Waals surface area (Å²) in [5.41, 5.74) is 0. The third kappa shape index (κ3) is 5.62. The van der Waals surface area contributed by atoms with Crippen molar-refractivity contribution in [2.45, 2.75) is 64.0 Å². The first-order valence-electron chi connectivity index (χ1n) is 6.74. The van der Waals surface area contributed by atoms with Gasteiger partial charge in [-0.05, 0) is 12.3 Å². The molecule has 0 saturated carbocycles. The van der Waals surface area contributed by atoms with Crippen LogP contribution in [0, 0.1) is 5.92 Å². The van der Waals surface area contributed by atoms with Gasteiger partial charge in [-0.2, -0.15) is 0 Å². The summed E-state index contributed by atoms with van der Waals surface area (Å²) in [6, 6.07) is 0. The lowest BCUT2D eigenvalue weighted by Crippen LogP contribution is -2.09. The van der Waals surface area contributed by atoms with E-state index in [1.54, 1.807) is 0 Å². The zero-order valence-electron chi connectivity index (χ0n) is 10.9. The molecule has 0 spiro atoms. The highest BCUT2D eigenvalue weighted by atomic mass is 32.2. The minimum absolute atomic E-state index is 0.00245. The molecular formula is C14H24O2S. The van der Waals surface area contributed by atoms with Gasteiger partial charge in [-0.25, -0.2) is 0 Å². The average molecular weight is 256 g/mol. The number of carbonyl (C=O) groups is 1. The van der Waals surface area contributed by atoms with E-state index in [1.165, 1.54) is 56.4 Å². The molecule has 1 heterocycles. The Bertz CT molecular complexity index is 273. The van der Waals surface area contributed by atoms with E-state index in [-0.39, 0.29) is 16.1 Å². The van der Waals surface area contributed by atoms with Gasteiger partial charge in [0.1, 0.15) is 5.76 Å². The summed E-state index contributed by atoms with van der Waals surface area (Å²) in [5.74, 6) is 0.869. The molecule has 1 aliphatic rings. The summed E-state index contributed by atoms with van der Waals surface area (Å²) in [5, 5.41) is 9.59. The minimum Gasteiger partial charge on any atom is -0.511 e. The van der Waals surface area contributed by atoms with Gasteiger partial charge in [0.05, 0.1) is 5.25 Å². The SMILES string of the molecule is CCCCCCCC(C)CC1SC(=O)C=C1O. The van der Waals surface area contributed by atoms with Gasteiger partial charge in [0.15, 0.2) is 0 Å². The fourth-order valence-electron chi connectivity index (χ4n) is 2.20. The number of hydrogen-bond donors (Lipinski definition) is 1. The van der Waals surface area contributed by atoms with Crippen LogP contribution in [0.25, 0.3) is 0 Å². The molecule has 98 valence electrons. The van der Waals surface area contributed by atoms with Gasteiger partial charge in [-0.15, -0.1) is 0 Å². The quantitative estimate of drug-likeness (QED) is 0.652. The summed E-state index contributed by atoms with van der Waals surface area (Å²) >= 11 is 1.27. The zero-order chi connectivity index (χ0) is 12.7. The molecule has 0 aromatic heterocycles. The maximum Gasteiger partial charge on any atom is 0.216 e. The molecule has 0 bridgehead atoms. The van der Waals surface area contributed by atoms with Gasteiger partial charge < -0.3 is 5.11 Å². The van der Waals surface area contributed by atoms with E-state index >= 15 is 0 Å². The smallest absolute Gasteiger partial charge is 0.216 e. The molecule has 0 saturated heterocycles. The van der Waals surface area contributed by atoms with E-state index in [0.29, 0.717) is 5.92 Å². The van der Waals surface area contributed by atoms with E-state index in [2.05, 4.69) is 13.8 Å². The Balaban J connectivity index is 2.11. The van der Waals surface area contributed by atoms with E-state index in [4.69, 9.17) is 0 Å². The Hall–Kier alpha value is -0.440. The lowest BCUT2D eigenvalue weighted by Gasteiger charge is -2.15. The first-order chi connectivity index (χ1) is 8.13. The Labute approximate surface area is 109 Å². The molecule has 17 heavy (non-hydrogen) atoms. The standard InChI is InChI=1S/C14H24O2S/c1-3-4-5-6-7-8-11(2)9-13-12(15)10-14(16)17-13/h10-11,13,15H,3-9H2,1-2H3. The van der Waals surface area contributed by atoms with Gasteiger partial charge in [-0.1, -0.05) is 64.1 Å². The second-order valence-electron chi connectivity index (χ2n) is 5.04. The molecule has 1 aliphatic heterocycles. The summed E-state index contributed by atoms with van der Waals surface area (Å²) in [6.45, 7) is 4.45. The first kappa shape index (κ1) is 14.6. The van der Waals surface area contributed by atoms with Gasteiger partial charge in [-0.3, -0.25) is 4.79 Å². The predicted molar refractivity (Wildman–Crippen MR) is 74.3 cm³/mol. The van der Waals surface area contributed by atoms with E-state index in [0.717, 1.165) is 6.42 Å². The van der Waals surface area contributed by atoms with Crippen molar-refractivity contribution in [3.05, 3.63) is 11.8 Å². The number of unbranched alkanes of at least 4 members (excludes halogenated alkanes) is 4. The molecule has 3 heteroatoms. The van der Waals surface area contributed by atoms with Crippen molar-refractivity contribution in [3.63, 3.8) is 0 Å². The lowest BCUT2D eigenvalue weighted by molar-refractivity contribution is -0.106. The Morgan fingerprint density at radius 1 is 1.35 bits per heavy atom. The highest BCUT2D eigenvalue weighted by Gasteiger charge is 2.26. The second-order valence-corrected chi connectivity index (χ2v) is 6.25. The number of hydrogen-bond acceptors (Lipinski definition) is 3. The number of thioether (sulfide) groups is 1. The molecule has 0 aromatic rings. The summed E-state index contributed by atoms with van der Waals surface area (Å²) < 4.78 is 0. The summed E-state index contributed by atoms with van der Waals surface area (Å²) in [6.07, 6.45) is 10.1. The molecule has 1 rings (SSSR count). The van der Waals surface area contributed by atoms with E-state index < -0.39 is 0 Å². The van der Waals surface area contributed by atoms with Crippen LogP contribution in [0.4, 0.5) is 0 Å². The van der Waals surface area contributed by atoms with Crippen molar-refractivity contribution in [2.24, 2.45) is 5.92 Å². The summed E-state index contributed by atoms with van der Waals surface area (Å²) in [7, 11) is 0. The van der Waals surface area contributed by atoms with Crippen molar-refractivity contribution in [1.29, 1.82) is 0 Å². The number of carbonyl (C=O) groups excluding carboxylic acids is 1. The van der Waals surface area contributed by atoms with Crippen LogP contribution in [0.5, 0.6) is 0 Å². The Morgan fingerprint density at radius 3 is 2.65 bits per heavy atom. The van der Waals surface area contributed by atoms with Crippen LogP contribution in [0.1, 0.15) is 58.8 Å². The minimum atomic E-state index is 0.00245. The van der Waals surface area contributed by atoms with Crippen LogP contribution in [-0.2, 0) is 4.79 Å². The van der Waals surface area contributed by atoms with Crippen LogP contribution in [-0.4, -0.2) is 15.5 Å². The van der Waals surface area contributed by atoms with Crippen LogP contribution in [0.3, 0.4) is 0 Å². The molecular weight excluding hydrogens is 232 g/mol. The second kappa shape index (κ2) is 7.80. The van der Waals surface area contributed by atoms with Gasteiger partial charge in [0.2, 0.25) is 5.12 Å². The Kier molecular flexibility index (Phi) is 6.71. The number of aliphatic hydroxyl groups excluding tert-OH is 1. The van der Waals surface area contributed by atoms with Gasteiger partial charge in [0, 0.05) is 6.08 Å². The normalized spacial score (nSPS) is 21.6. The number of aliphatic hydroxyl groups is 1. The van der Waals surface area contributed by atoms with Crippen LogP contribution < -0.4 is 0 Å². The van der Waals surface area contributed by atoms with Crippen LogP contribution in [0.2, 0.25) is 0 Å². The molecule has 0 aromatic carbocycles. The largest absolute Gasteiger partial charge is 0.511 e. The maximum atomic E-state index is 11.1.